The van der Waals surface area contributed by atoms with Crippen molar-refractivity contribution in [3.63, 3.8) is 0 Å². The lowest BCUT2D eigenvalue weighted by atomic mass is 9.70. The van der Waals surface area contributed by atoms with Crippen LogP contribution in [0.15, 0.2) is 41.4 Å². The lowest BCUT2D eigenvalue weighted by Crippen LogP contribution is -2.62. The summed E-state index contributed by atoms with van der Waals surface area (Å²) in [4.78, 5) is 8.56. The van der Waals surface area contributed by atoms with Crippen molar-refractivity contribution in [2.24, 2.45) is 0 Å². The number of rotatable bonds is 6. The molecule has 0 spiro atoms. The summed E-state index contributed by atoms with van der Waals surface area (Å²) in [5.41, 5.74) is 1.84. The molecule has 1 aliphatic carbocycles. The van der Waals surface area contributed by atoms with Crippen LogP contribution in [0.4, 0.5) is 8.78 Å². The summed E-state index contributed by atoms with van der Waals surface area (Å²) in [7, 11) is -3.89. The zero-order valence-electron chi connectivity index (χ0n) is 19.2. The summed E-state index contributed by atoms with van der Waals surface area (Å²) >= 11 is 0. The van der Waals surface area contributed by atoms with E-state index in [-0.39, 0.29) is 17.3 Å². The fourth-order valence-electron chi connectivity index (χ4n) is 5.09. The van der Waals surface area contributed by atoms with E-state index in [9.17, 15) is 17.2 Å². The van der Waals surface area contributed by atoms with Crippen molar-refractivity contribution in [1.82, 2.24) is 14.7 Å². The molecule has 3 aromatic rings. The number of benzene rings is 1. The van der Waals surface area contributed by atoms with Crippen LogP contribution >= 0.6 is 0 Å². The first-order valence-electron chi connectivity index (χ1n) is 11.5. The zero-order valence-corrected chi connectivity index (χ0v) is 20.0. The molecule has 9 heteroatoms. The SMILES string of the molecule is Cc1ccc2ncc(F)c(CCC34CCC(NS(=O)(=O)c5ccc(C)c(F)c5)(CC3)CO4)c2n1. The number of hydrogen-bond donors (Lipinski definition) is 1. The van der Waals surface area contributed by atoms with Gasteiger partial charge in [0, 0.05) is 11.3 Å². The minimum absolute atomic E-state index is 0.0878. The highest BCUT2D eigenvalue weighted by atomic mass is 32.2. The monoisotopic (exact) mass is 487 g/mol. The fourth-order valence-corrected chi connectivity index (χ4v) is 6.54. The smallest absolute Gasteiger partial charge is 0.241 e. The van der Waals surface area contributed by atoms with Crippen molar-refractivity contribution in [3.05, 3.63) is 65.0 Å². The van der Waals surface area contributed by atoms with Crippen molar-refractivity contribution in [2.75, 3.05) is 6.61 Å². The molecule has 3 aliphatic rings. The normalized spacial score (nSPS) is 24.6. The van der Waals surface area contributed by atoms with Gasteiger partial charge in [-0.05, 0) is 82.2 Å². The molecule has 1 N–H and O–H groups in total. The van der Waals surface area contributed by atoms with Gasteiger partial charge in [-0.15, -0.1) is 0 Å². The molecule has 2 bridgehead atoms. The third kappa shape index (κ3) is 4.21. The molecule has 0 unspecified atom stereocenters. The molecule has 0 radical (unpaired) electrons. The Morgan fingerprint density at radius 1 is 1.06 bits per heavy atom. The van der Waals surface area contributed by atoms with E-state index in [4.69, 9.17) is 4.74 Å². The van der Waals surface area contributed by atoms with Gasteiger partial charge in [0.15, 0.2) is 0 Å². The molecule has 6 rings (SSSR count). The van der Waals surface area contributed by atoms with E-state index in [0.29, 0.717) is 60.7 Å². The second-order valence-corrected chi connectivity index (χ2v) is 11.4. The maximum Gasteiger partial charge on any atom is 0.241 e. The Kier molecular flexibility index (Phi) is 5.69. The number of pyridine rings is 2. The van der Waals surface area contributed by atoms with Crippen molar-refractivity contribution in [2.45, 2.75) is 68.4 Å². The summed E-state index contributed by atoms with van der Waals surface area (Å²) in [6.07, 6.45) is 4.86. The van der Waals surface area contributed by atoms with Crippen molar-refractivity contribution in [1.29, 1.82) is 0 Å². The van der Waals surface area contributed by atoms with Gasteiger partial charge in [0.05, 0.1) is 39.9 Å². The Morgan fingerprint density at radius 2 is 1.82 bits per heavy atom. The maximum absolute atomic E-state index is 14.7. The Labute approximate surface area is 197 Å². The van der Waals surface area contributed by atoms with Crippen LogP contribution in [0, 0.1) is 25.5 Å². The molecule has 1 aromatic carbocycles. The molecular formula is C25H27F2N3O3S. The number of ether oxygens (including phenoxy) is 1. The Hall–Kier alpha value is -2.49. The Bertz CT molecular complexity index is 1350. The average Bonchev–Trinajstić information content (AvgIpc) is 2.81. The Morgan fingerprint density at radius 3 is 2.50 bits per heavy atom. The second-order valence-electron chi connectivity index (χ2n) is 9.67. The molecule has 2 aliphatic heterocycles. The number of hydrogen-bond acceptors (Lipinski definition) is 5. The first-order chi connectivity index (χ1) is 16.1. The standard InChI is InChI=1S/C25H27F2N3O3S/c1-16-3-5-18(13-20(16)26)34(31,32)30-24-9-11-25(12-10-24,33-15-24)8-7-19-21(27)14-28-22-6-4-17(2)29-23(19)22/h3-6,13-14,30H,7-12,15H2,1-2H3. The third-order valence-corrected chi connectivity index (χ3v) is 8.89. The number of fused-ring (bicyclic) bond motifs is 4. The van der Waals surface area contributed by atoms with Gasteiger partial charge in [0.25, 0.3) is 0 Å². The summed E-state index contributed by atoms with van der Waals surface area (Å²) in [6.45, 7) is 3.69. The van der Waals surface area contributed by atoms with Gasteiger partial charge in [0.1, 0.15) is 11.6 Å². The maximum atomic E-state index is 14.7. The minimum Gasteiger partial charge on any atom is -0.373 e. The highest BCUT2D eigenvalue weighted by Crippen LogP contribution is 2.46. The van der Waals surface area contributed by atoms with Gasteiger partial charge in [-0.25, -0.2) is 21.9 Å². The molecular weight excluding hydrogens is 460 g/mol. The Balaban J connectivity index is 1.30. The molecule has 4 heterocycles. The fraction of sp³-hybridized carbons (Fsp3) is 0.440. The second kappa shape index (κ2) is 8.32. The van der Waals surface area contributed by atoms with Gasteiger partial charge in [-0.2, -0.15) is 0 Å². The number of nitrogens with zero attached hydrogens (tertiary/aromatic N) is 2. The van der Waals surface area contributed by atoms with E-state index in [0.717, 1.165) is 11.8 Å². The van der Waals surface area contributed by atoms with E-state index in [1.807, 2.05) is 19.1 Å². The summed E-state index contributed by atoms with van der Waals surface area (Å²) in [5.74, 6) is -0.926. The molecule has 2 aromatic heterocycles. The largest absolute Gasteiger partial charge is 0.373 e. The molecule has 180 valence electrons. The summed E-state index contributed by atoms with van der Waals surface area (Å²) in [6, 6.07) is 7.62. The van der Waals surface area contributed by atoms with Gasteiger partial charge >= 0.3 is 0 Å². The number of aromatic nitrogens is 2. The van der Waals surface area contributed by atoms with Gasteiger partial charge in [-0.1, -0.05) is 6.07 Å². The lowest BCUT2D eigenvalue weighted by Gasteiger charge is -2.53. The highest BCUT2D eigenvalue weighted by molar-refractivity contribution is 7.89. The molecule has 3 fully saturated rings. The van der Waals surface area contributed by atoms with Gasteiger partial charge in [0.2, 0.25) is 10.0 Å². The van der Waals surface area contributed by atoms with Crippen LogP contribution < -0.4 is 4.72 Å². The molecule has 6 nitrogen and oxygen atoms in total. The van der Waals surface area contributed by atoms with Gasteiger partial charge < -0.3 is 4.74 Å². The predicted molar refractivity (Wildman–Crippen MR) is 124 cm³/mol. The molecule has 34 heavy (non-hydrogen) atoms. The topological polar surface area (TPSA) is 81.2 Å². The predicted octanol–water partition coefficient (Wildman–Crippen LogP) is 4.52. The van der Waals surface area contributed by atoms with Gasteiger partial charge in [-0.3, -0.25) is 9.97 Å². The first kappa shape index (κ1) is 23.3. The molecule has 2 saturated heterocycles. The molecule has 0 atom stereocenters. The van der Waals surface area contributed by atoms with E-state index in [1.54, 1.807) is 6.92 Å². The molecule has 1 saturated carbocycles. The van der Waals surface area contributed by atoms with Crippen LogP contribution in [0.1, 0.15) is 48.9 Å². The summed E-state index contributed by atoms with van der Waals surface area (Å²) < 4.78 is 63.5. The molecule has 0 amide bonds. The average molecular weight is 488 g/mol. The van der Waals surface area contributed by atoms with Crippen LogP contribution in [0.2, 0.25) is 0 Å². The van der Waals surface area contributed by atoms with E-state index in [2.05, 4.69) is 14.7 Å². The summed E-state index contributed by atoms with van der Waals surface area (Å²) in [5, 5.41) is 0. The van der Waals surface area contributed by atoms with E-state index >= 15 is 0 Å². The number of sulfonamides is 1. The minimum atomic E-state index is -3.89. The van der Waals surface area contributed by atoms with Crippen LogP contribution in [0.25, 0.3) is 11.0 Å². The van der Waals surface area contributed by atoms with E-state index < -0.39 is 27.0 Å². The van der Waals surface area contributed by atoms with Crippen LogP contribution in [-0.2, 0) is 21.2 Å². The number of aryl methyl sites for hydroxylation is 3. The van der Waals surface area contributed by atoms with Crippen LogP contribution in [-0.4, -0.2) is 36.1 Å². The number of nitrogens with one attached hydrogen (secondary N) is 1. The van der Waals surface area contributed by atoms with Crippen molar-refractivity contribution in [3.8, 4) is 0 Å². The van der Waals surface area contributed by atoms with Crippen molar-refractivity contribution >= 4 is 21.1 Å². The van der Waals surface area contributed by atoms with Crippen LogP contribution in [0.3, 0.4) is 0 Å². The zero-order chi connectivity index (χ0) is 24.1. The quantitative estimate of drug-likeness (QED) is 0.553. The van der Waals surface area contributed by atoms with Crippen LogP contribution in [0.5, 0.6) is 0 Å². The van der Waals surface area contributed by atoms with E-state index in [1.165, 1.54) is 18.3 Å². The third-order valence-electron chi connectivity index (χ3n) is 7.31. The van der Waals surface area contributed by atoms with Crippen molar-refractivity contribution < 1.29 is 21.9 Å². The lowest BCUT2D eigenvalue weighted by molar-refractivity contribution is -0.160. The number of halogens is 2. The highest BCUT2D eigenvalue weighted by Gasteiger charge is 2.51. The first-order valence-corrected chi connectivity index (χ1v) is 12.9.